The number of allylic oxidation sites excluding steroid dienone is 1. The van der Waals surface area contributed by atoms with Crippen LogP contribution in [0.2, 0.25) is 5.02 Å². The molecule has 1 N–H and O–H groups in total. The summed E-state index contributed by atoms with van der Waals surface area (Å²) in [6, 6.07) is 6.05. The second-order valence-corrected chi connectivity index (χ2v) is 11.3. The standard InChI is InChI=1S/C30H39ClN2O6/c1-4-6-10-20-38-28(37)24-23-26(35)33(18-8-7-9-19-34)25(30(23)16-15-29(24,3)39-30)27(36)32(17-5-2)22-13-11-21(31)12-14-22/h4-5,11-14,23-25,34H,1-2,6-10,15-20H2,3H3/t23-,24+,25?,29-,30?/m0/s1. The van der Waals surface area contributed by atoms with Gasteiger partial charge in [0.15, 0.2) is 0 Å². The molecule has 0 saturated carbocycles. The monoisotopic (exact) mass is 558 g/mol. The molecule has 5 atom stereocenters. The number of aliphatic hydroxyl groups is 1. The highest BCUT2D eigenvalue weighted by atomic mass is 35.5. The summed E-state index contributed by atoms with van der Waals surface area (Å²) < 4.78 is 12.3. The van der Waals surface area contributed by atoms with Crippen LogP contribution in [0.3, 0.4) is 0 Å². The van der Waals surface area contributed by atoms with E-state index in [0.717, 1.165) is 6.42 Å². The van der Waals surface area contributed by atoms with Crippen LogP contribution in [0.5, 0.6) is 0 Å². The van der Waals surface area contributed by atoms with Crippen molar-refractivity contribution in [2.24, 2.45) is 11.8 Å². The van der Waals surface area contributed by atoms with Crippen LogP contribution in [0.1, 0.15) is 51.9 Å². The zero-order chi connectivity index (χ0) is 28.2. The first-order valence-corrected chi connectivity index (χ1v) is 14.2. The van der Waals surface area contributed by atoms with E-state index < -0.39 is 35.0 Å². The van der Waals surface area contributed by atoms with E-state index in [1.54, 1.807) is 46.2 Å². The Morgan fingerprint density at radius 2 is 1.92 bits per heavy atom. The van der Waals surface area contributed by atoms with Crippen molar-refractivity contribution >= 4 is 35.1 Å². The van der Waals surface area contributed by atoms with Crippen LogP contribution in [0.15, 0.2) is 49.6 Å². The molecule has 3 aliphatic heterocycles. The van der Waals surface area contributed by atoms with E-state index in [9.17, 15) is 19.5 Å². The van der Waals surface area contributed by atoms with Gasteiger partial charge in [-0.05, 0) is 76.1 Å². The minimum Gasteiger partial charge on any atom is -0.465 e. The van der Waals surface area contributed by atoms with Crippen LogP contribution in [-0.2, 0) is 23.9 Å². The number of benzene rings is 1. The lowest BCUT2D eigenvalue weighted by molar-refractivity contribution is -0.159. The maximum atomic E-state index is 14.4. The summed E-state index contributed by atoms with van der Waals surface area (Å²) in [5.41, 5.74) is -1.38. The number of amides is 2. The number of halogens is 1. The zero-order valence-electron chi connectivity index (χ0n) is 22.6. The van der Waals surface area contributed by atoms with Crippen molar-refractivity contribution in [1.29, 1.82) is 0 Å². The highest BCUT2D eigenvalue weighted by Crippen LogP contribution is 2.63. The van der Waals surface area contributed by atoms with Crippen LogP contribution in [-0.4, -0.2) is 71.3 Å². The van der Waals surface area contributed by atoms with E-state index >= 15 is 0 Å². The van der Waals surface area contributed by atoms with E-state index in [0.29, 0.717) is 55.8 Å². The molecule has 1 spiro atoms. The number of fused-ring (bicyclic) bond motifs is 1. The predicted octanol–water partition coefficient (Wildman–Crippen LogP) is 4.30. The fourth-order valence-corrected chi connectivity index (χ4v) is 6.71. The molecule has 3 saturated heterocycles. The van der Waals surface area contributed by atoms with Gasteiger partial charge in [-0.25, -0.2) is 0 Å². The number of anilines is 1. The average Bonchev–Trinajstić information content (AvgIpc) is 3.48. The van der Waals surface area contributed by atoms with Gasteiger partial charge in [-0.2, -0.15) is 0 Å². The van der Waals surface area contributed by atoms with Gasteiger partial charge in [0, 0.05) is 30.4 Å². The molecule has 0 aromatic heterocycles. The molecular weight excluding hydrogens is 520 g/mol. The second-order valence-electron chi connectivity index (χ2n) is 10.9. The van der Waals surface area contributed by atoms with Crippen molar-refractivity contribution in [2.45, 2.75) is 69.1 Å². The third-order valence-electron chi connectivity index (χ3n) is 8.33. The number of hydrogen-bond acceptors (Lipinski definition) is 6. The summed E-state index contributed by atoms with van der Waals surface area (Å²) in [6.45, 7) is 10.3. The summed E-state index contributed by atoms with van der Waals surface area (Å²) in [5, 5.41) is 9.78. The molecule has 2 unspecified atom stereocenters. The van der Waals surface area contributed by atoms with Gasteiger partial charge < -0.3 is 24.4 Å². The molecule has 212 valence electrons. The molecule has 2 bridgehead atoms. The number of likely N-dealkylation sites (tertiary alicyclic amines) is 1. The lowest BCUT2D eigenvalue weighted by Gasteiger charge is -2.36. The Labute approximate surface area is 235 Å². The van der Waals surface area contributed by atoms with Crippen LogP contribution in [0, 0.1) is 11.8 Å². The average molecular weight is 559 g/mol. The van der Waals surface area contributed by atoms with Gasteiger partial charge >= 0.3 is 5.97 Å². The Morgan fingerprint density at radius 3 is 2.59 bits per heavy atom. The SMILES string of the molecule is C=CCCCOC(=O)[C@H]1[C@H]2C(=O)N(CCCCCO)C(C(=O)N(CC=C)c3ccc(Cl)cc3)C23CC[C@]1(C)O3. The van der Waals surface area contributed by atoms with E-state index in [1.165, 1.54) is 0 Å². The van der Waals surface area contributed by atoms with Crippen molar-refractivity contribution in [1.82, 2.24) is 4.90 Å². The van der Waals surface area contributed by atoms with Gasteiger partial charge in [0.2, 0.25) is 5.91 Å². The number of carbonyl (C=O) groups is 3. The van der Waals surface area contributed by atoms with Crippen LogP contribution < -0.4 is 4.90 Å². The normalized spacial score (nSPS) is 28.8. The van der Waals surface area contributed by atoms with E-state index in [4.69, 9.17) is 21.1 Å². The molecule has 8 nitrogen and oxygen atoms in total. The molecule has 1 aromatic rings. The van der Waals surface area contributed by atoms with Crippen molar-refractivity contribution in [3.05, 3.63) is 54.6 Å². The van der Waals surface area contributed by atoms with Crippen LogP contribution in [0.25, 0.3) is 0 Å². The molecule has 4 rings (SSSR count). The largest absolute Gasteiger partial charge is 0.465 e. The number of hydrogen-bond donors (Lipinski definition) is 1. The topological polar surface area (TPSA) is 96.4 Å². The van der Waals surface area contributed by atoms with Gasteiger partial charge in [-0.15, -0.1) is 13.2 Å². The van der Waals surface area contributed by atoms with Gasteiger partial charge in [-0.1, -0.05) is 23.8 Å². The quantitative estimate of drug-likeness (QED) is 0.208. The van der Waals surface area contributed by atoms with Gasteiger partial charge in [0.05, 0.1) is 18.1 Å². The predicted molar refractivity (Wildman–Crippen MR) is 149 cm³/mol. The van der Waals surface area contributed by atoms with Crippen LogP contribution in [0.4, 0.5) is 5.69 Å². The maximum Gasteiger partial charge on any atom is 0.312 e. The molecule has 0 aliphatic carbocycles. The molecule has 2 amide bonds. The number of unbranched alkanes of at least 4 members (excludes halogenated alkanes) is 3. The molecule has 9 heteroatoms. The van der Waals surface area contributed by atoms with Gasteiger partial charge in [0.1, 0.15) is 17.6 Å². The summed E-state index contributed by atoms with van der Waals surface area (Å²) in [6.07, 6.45) is 7.76. The zero-order valence-corrected chi connectivity index (χ0v) is 23.4. The summed E-state index contributed by atoms with van der Waals surface area (Å²) in [4.78, 5) is 45.2. The Morgan fingerprint density at radius 1 is 1.18 bits per heavy atom. The first kappa shape index (κ1) is 29.3. The van der Waals surface area contributed by atoms with E-state index in [-0.39, 0.29) is 31.6 Å². The Hall–Kier alpha value is -2.68. The second kappa shape index (κ2) is 12.2. The third-order valence-corrected chi connectivity index (χ3v) is 8.59. The first-order chi connectivity index (χ1) is 18.7. The molecule has 1 aromatic carbocycles. The first-order valence-electron chi connectivity index (χ1n) is 13.8. The lowest BCUT2D eigenvalue weighted by atomic mass is 9.66. The maximum absolute atomic E-state index is 14.4. The number of esters is 1. The van der Waals surface area contributed by atoms with Crippen molar-refractivity contribution in [3.63, 3.8) is 0 Å². The van der Waals surface area contributed by atoms with Crippen molar-refractivity contribution < 1.29 is 29.0 Å². The van der Waals surface area contributed by atoms with E-state index in [1.807, 2.05) is 6.92 Å². The smallest absolute Gasteiger partial charge is 0.312 e. The molecular formula is C30H39ClN2O6. The molecule has 3 fully saturated rings. The fourth-order valence-electron chi connectivity index (χ4n) is 6.58. The Balaban J connectivity index is 1.70. The van der Waals surface area contributed by atoms with Gasteiger partial charge in [0.25, 0.3) is 5.91 Å². The molecule has 3 aliphatic rings. The van der Waals surface area contributed by atoms with Gasteiger partial charge in [-0.3, -0.25) is 14.4 Å². The Kier molecular flexibility index (Phi) is 9.19. The Bertz CT molecular complexity index is 1090. The third kappa shape index (κ3) is 5.39. The molecule has 3 heterocycles. The van der Waals surface area contributed by atoms with Crippen molar-refractivity contribution in [3.8, 4) is 0 Å². The summed E-state index contributed by atoms with van der Waals surface area (Å²) in [7, 11) is 0. The van der Waals surface area contributed by atoms with E-state index in [2.05, 4.69) is 13.2 Å². The lowest BCUT2D eigenvalue weighted by Crippen LogP contribution is -2.56. The van der Waals surface area contributed by atoms with Crippen molar-refractivity contribution in [2.75, 3.05) is 31.2 Å². The summed E-state index contributed by atoms with van der Waals surface area (Å²) >= 11 is 6.10. The molecule has 0 radical (unpaired) electrons. The number of rotatable bonds is 14. The van der Waals surface area contributed by atoms with Crippen LogP contribution >= 0.6 is 11.6 Å². The highest BCUT2D eigenvalue weighted by molar-refractivity contribution is 6.30. The minimum absolute atomic E-state index is 0.0633. The number of aliphatic hydroxyl groups excluding tert-OH is 1. The summed E-state index contributed by atoms with van der Waals surface area (Å²) in [5.74, 6) is -2.56. The highest BCUT2D eigenvalue weighted by Gasteiger charge is 2.78. The fraction of sp³-hybridized carbons (Fsp3) is 0.567. The number of carbonyl (C=O) groups excluding carboxylic acids is 3. The number of ether oxygens (including phenoxy) is 2. The number of nitrogens with zero attached hydrogens (tertiary/aromatic N) is 2. The minimum atomic E-state index is -1.13. The molecule has 39 heavy (non-hydrogen) atoms.